The van der Waals surface area contributed by atoms with Gasteiger partial charge in [-0.2, -0.15) is 0 Å². The lowest BCUT2D eigenvalue weighted by Crippen LogP contribution is -2.11. The molecule has 1 aromatic carbocycles. The minimum Gasteiger partial charge on any atom is -0.383 e. The number of rotatable bonds is 5. The predicted octanol–water partition coefficient (Wildman–Crippen LogP) is 4.50. The van der Waals surface area contributed by atoms with Gasteiger partial charge in [0.2, 0.25) is 0 Å². The highest BCUT2D eigenvalue weighted by Crippen LogP contribution is 2.28. The van der Waals surface area contributed by atoms with Gasteiger partial charge in [0.25, 0.3) is 0 Å². The molecule has 0 aliphatic rings. The van der Waals surface area contributed by atoms with Gasteiger partial charge in [-0.3, -0.25) is 0 Å². The van der Waals surface area contributed by atoms with Gasteiger partial charge < -0.3 is 10.3 Å². The van der Waals surface area contributed by atoms with Gasteiger partial charge in [0.1, 0.15) is 17.3 Å². The van der Waals surface area contributed by atoms with Crippen LogP contribution in [0, 0.1) is 5.92 Å². The van der Waals surface area contributed by atoms with Crippen LogP contribution in [0.25, 0.3) is 11.3 Å². The van der Waals surface area contributed by atoms with Crippen LogP contribution in [0.2, 0.25) is 0 Å². The largest absolute Gasteiger partial charge is 0.383 e. The van der Waals surface area contributed by atoms with E-state index in [9.17, 15) is 0 Å². The number of nitrogens with two attached hydrogens (primary N) is 1. The van der Waals surface area contributed by atoms with Gasteiger partial charge in [0, 0.05) is 23.0 Å². The lowest BCUT2D eigenvalue weighted by atomic mass is 10.1. The monoisotopic (exact) mass is 335 g/mol. The molecule has 20 heavy (non-hydrogen) atoms. The van der Waals surface area contributed by atoms with Gasteiger partial charge in [-0.1, -0.05) is 48.8 Å². The molecule has 0 saturated carbocycles. The molecule has 2 N–H and O–H groups in total. The Morgan fingerprint density at radius 2 is 1.90 bits per heavy atom. The van der Waals surface area contributed by atoms with Crippen LogP contribution in [0.3, 0.4) is 0 Å². The van der Waals surface area contributed by atoms with E-state index in [0.29, 0.717) is 5.92 Å². The predicted molar refractivity (Wildman–Crippen MR) is 88.6 cm³/mol. The molecule has 2 aromatic rings. The maximum absolute atomic E-state index is 6.34. The van der Waals surface area contributed by atoms with E-state index in [4.69, 9.17) is 10.7 Å². The summed E-state index contributed by atoms with van der Waals surface area (Å²) < 4.78 is 3.24. The number of imidazole rings is 1. The van der Waals surface area contributed by atoms with Crippen LogP contribution in [0.1, 0.15) is 33.0 Å². The number of aromatic nitrogens is 2. The van der Waals surface area contributed by atoms with E-state index >= 15 is 0 Å². The van der Waals surface area contributed by atoms with Crippen LogP contribution < -0.4 is 5.73 Å². The van der Waals surface area contributed by atoms with Crippen molar-refractivity contribution in [2.45, 2.75) is 40.2 Å². The molecule has 0 spiro atoms. The quantitative estimate of drug-likeness (QED) is 0.873. The molecule has 2 rings (SSSR count). The van der Waals surface area contributed by atoms with E-state index in [-0.39, 0.29) is 0 Å². The smallest absolute Gasteiger partial charge is 0.131 e. The molecule has 0 atom stereocenters. The summed E-state index contributed by atoms with van der Waals surface area (Å²) in [6, 6.07) is 8.15. The summed E-state index contributed by atoms with van der Waals surface area (Å²) in [6.07, 6.45) is 2.04. The van der Waals surface area contributed by atoms with Gasteiger partial charge in [0.15, 0.2) is 0 Å². The molecule has 0 amide bonds. The van der Waals surface area contributed by atoms with Crippen molar-refractivity contribution in [2.24, 2.45) is 5.92 Å². The van der Waals surface area contributed by atoms with Crippen LogP contribution >= 0.6 is 15.9 Å². The molecular formula is C16H22BrN3. The highest BCUT2D eigenvalue weighted by atomic mass is 79.9. The molecule has 4 heteroatoms. The van der Waals surface area contributed by atoms with E-state index in [1.807, 2.05) is 12.1 Å². The third-order valence-corrected chi connectivity index (χ3v) is 3.75. The summed E-state index contributed by atoms with van der Waals surface area (Å²) in [4.78, 5) is 4.78. The summed E-state index contributed by atoms with van der Waals surface area (Å²) in [6.45, 7) is 7.50. The third kappa shape index (κ3) is 3.23. The van der Waals surface area contributed by atoms with Crippen LogP contribution in [-0.2, 0) is 13.0 Å². The molecule has 0 aliphatic heterocycles. The Morgan fingerprint density at radius 3 is 2.45 bits per heavy atom. The lowest BCUT2D eigenvalue weighted by Gasteiger charge is -2.11. The van der Waals surface area contributed by atoms with Gasteiger partial charge in [-0.05, 0) is 24.5 Å². The van der Waals surface area contributed by atoms with Gasteiger partial charge in [-0.25, -0.2) is 4.98 Å². The molecule has 0 bridgehead atoms. The number of anilines is 1. The molecule has 0 aliphatic carbocycles. The zero-order valence-electron chi connectivity index (χ0n) is 12.4. The summed E-state index contributed by atoms with van der Waals surface area (Å²) in [5, 5.41) is 0. The van der Waals surface area contributed by atoms with E-state index in [0.717, 1.165) is 46.8 Å². The van der Waals surface area contributed by atoms with Crippen molar-refractivity contribution in [3.05, 3.63) is 34.6 Å². The summed E-state index contributed by atoms with van der Waals surface area (Å²) in [5.74, 6) is 2.43. The first kappa shape index (κ1) is 15.1. The SMILES string of the molecule is CCCc1nc(-c2ccc(Br)cc2)c(N)n1CC(C)C. The minimum absolute atomic E-state index is 0.555. The highest BCUT2D eigenvalue weighted by Gasteiger charge is 2.16. The summed E-state index contributed by atoms with van der Waals surface area (Å²) >= 11 is 3.46. The fourth-order valence-electron chi connectivity index (χ4n) is 2.32. The zero-order valence-corrected chi connectivity index (χ0v) is 13.9. The molecule has 0 radical (unpaired) electrons. The first-order valence-electron chi connectivity index (χ1n) is 7.13. The topological polar surface area (TPSA) is 43.8 Å². The fourth-order valence-corrected chi connectivity index (χ4v) is 2.58. The molecule has 0 fully saturated rings. The second kappa shape index (κ2) is 6.44. The third-order valence-electron chi connectivity index (χ3n) is 3.22. The molecule has 3 nitrogen and oxygen atoms in total. The van der Waals surface area contributed by atoms with Crippen molar-refractivity contribution in [3.8, 4) is 11.3 Å². The molecular weight excluding hydrogens is 314 g/mol. The van der Waals surface area contributed by atoms with E-state index in [1.165, 1.54) is 0 Å². The number of nitrogen functional groups attached to an aromatic ring is 1. The van der Waals surface area contributed by atoms with Gasteiger partial charge in [0.05, 0.1) is 0 Å². The average Bonchev–Trinajstić information content (AvgIpc) is 2.69. The highest BCUT2D eigenvalue weighted by molar-refractivity contribution is 9.10. The van der Waals surface area contributed by atoms with Crippen LogP contribution in [-0.4, -0.2) is 9.55 Å². The first-order valence-corrected chi connectivity index (χ1v) is 7.93. The van der Waals surface area contributed by atoms with Crippen LogP contribution in [0.15, 0.2) is 28.7 Å². The van der Waals surface area contributed by atoms with Crippen LogP contribution in [0.5, 0.6) is 0 Å². The van der Waals surface area contributed by atoms with Crippen molar-refractivity contribution >= 4 is 21.7 Å². The molecule has 1 aromatic heterocycles. The normalized spacial score (nSPS) is 11.2. The second-order valence-electron chi connectivity index (χ2n) is 5.52. The Hall–Kier alpha value is -1.29. The number of aryl methyl sites for hydroxylation is 1. The Bertz CT molecular complexity index is 570. The second-order valence-corrected chi connectivity index (χ2v) is 6.44. The average molecular weight is 336 g/mol. The van der Waals surface area contributed by atoms with Crippen molar-refractivity contribution in [1.82, 2.24) is 9.55 Å². The fraction of sp³-hybridized carbons (Fsp3) is 0.438. The molecule has 108 valence electrons. The lowest BCUT2D eigenvalue weighted by molar-refractivity contribution is 0.510. The summed E-state index contributed by atoms with van der Waals surface area (Å²) in [5.41, 5.74) is 8.32. The van der Waals surface area contributed by atoms with E-state index in [2.05, 4.69) is 53.4 Å². The first-order chi connectivity index (χ1) is 9.52. The molecule has 0 saturated heterocycles. The number of hydrogen-bond donors (Lipinski definition) is 1. The minimum atomic E-state index is 0.555. The zero-order chi connectivity index (χ0) is 14.7. The van der Waals surface area contributed by atoms with E-state index < -0.39 is 0 Å². The Morgan fingerprint density at radius 1 is 1.25 bits per heavy atom. The Balaban J connectivity index is 2.45. The number of benzene rings is 1. The van der Waals surface area contributed by atoms with Crippen molar-refractivity contribution in [3.63, 3.8) is 0 Å². The number of hydrogen-bond acceptors (Lipinski definition) is 2. The Labute approximate surface area is 129 Å². The van der Waals surface area contributed by atoms with Crippen LogP contribution in [0.4, 0.5) is 5.82 Å². The summed E-state index contributed by atoms with van der Waals surface area (Å²) in [7, 11) is 0. The molecule has 0 unspecified atom stereocenters. The number of nitrogens with zero attached hydrogens (tertiary/aromatic N) is 2. The standard InChI is InChI=1S/C16H22BrN3/c1-4-5-14-19-15(12-6-8-13(17)9-7-12)16(18)20(14)10-11(2)3/h6-9,11H,4-5,10,18H2,1-3H3. The van der Waals surface area contributed by atoms with Gasteiger partial charge in [-0.15, -0.1) is 0 Å². The van der Waals surface area contributed by atoms with Crippen molar-refractivity contribution in [1.29, 1.82) is 0 Å². The molecule has 1 heterocycles. The van der Waals surface area contributed by atoms with Gasteiger partial charge >= 0.3 is 0 Å². The Kier molecular flexibility index (Phi) is 4.86. The van der Waals surface area contributed by atoms with E-state index in [1.54, 1.807) is 0 Å². The number of halogens is 1. The maximum atomic E-state index is 6.34. The maximum Gasteiger partial charge on any atom is 0.131 e. The van der Waals surface area contributed by atoms with Crippen molar-refractivity contribution in [2.75, 3.05) is 5.73 Å². The van der Waals surface area contributed by atoms with Crippen molar-refractivity contribution < 1.29 is 0 Å².